The molecule has 3 amide bonds. The van der Waals surface area contributed by atoms with Crippen LogP contribution in [0.15, 0.2) is 18.5 Å². The first-order chi connectivity index (χ1) is 14.7. The number of ether oxygens (including phenoxy) is 1. The molecule has 2 saturated heterocycles. The number of piperidine rings is 1. The van der Waals surface area contributed by atoms with Gasteiger partial charge >= 0.3 is 6.03 Å². The SMILES string of the molecule is O=C(CC1CCCO1)N1CCC(CCCCNC(=O)N2Cc3ccncc3C2)CC1. The number of nitrogens with zero attached hydrogens (tertiary/aromatic N) is 3. The van der Waals surface area contributed by atoms with Crippen LogP contribution in [0.1, 0.15) is 62.5 Å². The van der Waals surface area contributed by atoms with Gasteiger partial charge in [-0.25, -0.2) is 4.79 Å². The zero-order valence-corrected chi connectivity index (χ0v) is 17.9. The number of carbonyl (C=O) groups excluding carboxylic acids is 2. The van der Waals surface area contributed by atoms with Gasteiger partial charge in [-0.15, -0.1) is 0 Å². The summed E-state index contributed by atoms with van der Waals surface area (Å²) in [5, 5.41) is 3.06. The molecule has 0 radical (unpaired) electrons. The average Bonchev–Trinajstić information content (AvgIpc) is 3.43. The van der Waals surface area contributed by atoms with Crippen molar-refractivity contribution in [2.45, 2.75) is 70.6 Å². The van der Waals surface area contributed by atoms with Crippen molar-refractivity contribution < 1.29 is 14.3 Å². The van der Waals surface area contributed by atoms with E-state index in [1.165, 1.54) is 12.0 Å². The molecule has 3 aliphatic heterocycles. The largest absolute Gasteiger partial charge is 0.378 e. The summed E-state index contributed by atoms with van der Waals surface area (Å²) in [6.45, 7) is 4.63. The van der Waals surface area contributed by atoms with E-state index in [1.807, 2.05) is 22.1 Å². The van der Waals surface area contributed by atoms with Crippen LogP contribution in [0.3, 0.4) is 0 Å². The zero-order chi connectivity index (χ0) is 20.8. The number of hydrogen-bond acceptors (Lipinski definition) is 4. The maximum Gasteiger partial charge on any atom is 0.318 e. The topological polar surface area (TPSA) is 74.8 Å². The number of pyridine rings is 1. The highest BCUT2D eigenvalue weighted by molar-refractivity contribution is 5.76. The van der Waals surface area contributed by atoms with Crippen molar-refractivity contribution in [2.24, 2.45) is 5.92 Å². The van der Waals surface area contributed by atoms with Crippen molar-refractivity contribution in [1.82, 2.24) is 20.1 Å². The molecule has 2 fully saturated rings. The van der Waals surface area contributed by atoms with Crippen molar-refractivity contribution in [3.8, 4) is 0 Å². The molecule has 0 bridgehead atoms. The van der Waals surface area contributed by atoms with Crippen molar-refractivity contribution >= 4 is 11.9 Å². The van der Waals surface area contributed by atoms with Crippen molar-refractivity contribution in [3.63, 3.8) is 0 Å². The lowest BCUT2D eigenvalue weighted by Gasteiger charge is -2.32. The molecule has 7 nitrogen and oxygen atoms in total. The minimum atomic E-state index is 0.0178. The Morgan fingerprint density at radius 2 is 1.93 bits per heavy atom. The Hall–Kier alpha value is -2.15. The molecular weight excluding hydrogens is 380 g/mol. The first-order valence-corrected chi connectivity index (χ1v) is 11.5. The highest BCUT2D eigenvalue weighted by Gasteiger charge is 2.26. The normalized spacial score (nSPS) is 21.7. The van der Waals surface area contributed by atoms with Crippen LogP contribution in [-0.4, -0.2) is 59.1 Å². The summed E-state index contributed by atoms with van der Waals surface area (Å²) in [7, 11) is 0. The number of aromatic nitrogens is 1. The third-order valence-corrected chi connectivity index (χ3v) is 6.72. The lowest BCUT2D eigenvalue weighted by atomic mass is 9.91. The molecule has 0 saturated carbocycles. The number of fused-ring (bicyclic) bond motifs is 1. The number of urea groups is 1. The summed E-state index contributed by atoms with van der Waals surface area (Å²) in [5.74, 6) is 0.968. The Labute approximate surface area is 179 Å². The molecule has 1 aromatic heterocycles. The molecule has 7 heteroatoms. The van der Waals surface area contributed by atoms with Gasteiger partial charge in [-0.1, -0.05) is 12.8 Å². The molecule has 4 heterocycles. The van der Waals surface area contributed by atoms with Crippen LogP contribution in [0.5, 0.6) is 0 Å². The maximum atomic E-state index is 12.4. The molecule has 0 spiro atoms. The van der Waals surface area contributed by atoms with Gasteiger partial charge in [0.25, 0.3) is 0 Å². The van der Waals surface area contributed by atoms with Gasteiger partial charge in [-0.3, -0.25) is 9.78 Å². The van der Waals surface area contributed by atoms with Gasteiger partial charge < -0.3 is 19.9 Å². The molecule has 1 aromatic rings. The fourth-order valence-corrected chi connectivity index (χ4v) is 4.83. The number of carbonyl (C=O) groups is 2. The number of amides is 3. The van der Waals surface area contributed by atoms with Crippen LogP contribution in [0.4, 0.5) is 4.79 Å². The standard InChI is InChI=1S/C23H34N4O3/c28-22(14-21-5-3-13-30-21)26-11-7-18(8-12-26)4-1-2-9-25-23(29)27-16-19-6-10-24-15-20(19)17-27/h6,10,15,18,21H,1-5,7-9,11-14,16-17H2,(H,25,29). The monoisotopic (exact) mass is 414 g/mol. The highest BCUT2D eigenvalue weighted by atomic mass is 16.5. The van der Waals surface area contributed by atoms with Gasteiger partial charge in [-0.2, -0.15) is 0 Å². The minimum absolute atomic E-state index is 0.0178. The average molecular weight is 415 g/mol. The lowest BCUT2D eigenvalue weighted by molar-refractivity contribution is -0.134. The summed E-state index contributed by atoms with van der Waals surface area (Å²) in [5.41, 5.74) is 2.34. The lowest BCUT2D eigenvalue weighted by Crippen LogP contribution is -2.39. The smallest absolute Gasteiger partial charge is 0.318 e. The molecule has 3 aliphatic rings. The van der Waals surface area contributed by atoms with Gasteiger partial charge in [0.1, 0.15) is 0 Å². The van der Waals surface area contributed by atoms with Crippen molar-refractivity contribution in [1.29, 1.82) is 0 Å². The predicted octanol–water partition coefficient (Wildman–Crippen LogP) is 3.08. The molecule has 1 N–H and O–H groups in total. The van der Waals surface area contributed by atoms with Gasteiger partial charge in [0.2, 0.25) is 5.91 Å². The van der Waals surface area contributed by atoms with Crippen LogP contribution < -0.4 is 5.32 Å². The Morgan fingerprint density at radius 3 is 2.70 bits per heavy atom. The van der Waals surface area contributed by atoms with Crippen LogP contribution in [-0.2, 0) is 22.6 Å². The highest BCUT2D eigenvalue weighted by Crippen LogP contribution is 2.25. The van der Waals surface area contributed by atoms with Gasteiger partial charge in [0.15, 0.2) is 0 Å². The van der Waals surface area contributed by atoms with E-state index in [4.69, 9.17) is 4.74 Å². The van der Waals surface area contributed by atoms with Gasteiger partial charge in [-0.05, 0) is 55.2 Å². The molecular formula is C23H34N4O3. The Bertz CT molecular complexity index is 702. The van der Waals surface area contributed by atoms with Gasteiger partial charge in [0, 0.05) is 51.7 Å². The van der Waals surface area contributed by atoms with E-state index in [0.717, 1.165) is 70.3 Å². The number of hydrogen-bond donors (Lipinski definition) is 1. The van der Waals surface area contributed by atoms with Crippen LogP contribution in [0.25, 0.3) is 0 Å². The van der Waals surface area contributed by atoms with E-state index in [9.17, 15) is 9.59 Å². The Morgan fingerprint density at radius 1 is 1.10 bits per heavy atom. The number of unbranched alkanes of at least 4 members (excludes halogenated alkanes) is 1. The molecule has 0 aromatic carbocycles. The summed E-state index contributed by atoms with van der Waals surface area (Å²) >= 11 is 0. The summed E-state index contributed by atoms with van der Waals surface area (Å²) in [4.78, 5) is 32.8. The molecule has 0 aliphatic carbocycles. The second-order valence-corrected chi connectivity index (χ2v) is 8.89. The van der Waals surface area contributed by atoms with Crippen LogP contribution in [0, 0.1) is 5.92 Å². The maximum absolute atomic E-state index is 12.4. The van der Waals surface area contributed by atoms with Crippen LogP contribution in [0.2, 0.25) is 0 Å². The van der Waals surface area contributed by atoms with E-state index >= 15 is 0 Å². The first kappa shape index (κ1) is 21.1. The van der Waals surface area contributed by atoms with E-state index < -0.39 is 0 Å². The number of likely N-dealkylation sites (tertiary alicyclic amines) is 1. The minimum Gasteiger partial charge on any atom is -0.378 e. The predicted molar refractivity (Wildman–Crippen MR) is 114 cm³/mol. The number of rotatable bonds is 7. The Balaban J connectivity index is 1.05. The first-order valence-electron chi connectivity index (χ1n) is 11.5. The number of nitrogens with one attached hydrogen (secondary N) is 1. The fourth-order valence-electron chi connectivity index (χ4n) is 4.83. The van der Waals surface area contributed by atoms with E-state index in [-0.39, 0.29) is 18.0 Å². The van der Waals surface area contributed by atoms with Crippen molar-refractivity contribution in [2.75, 3.05) is 26.2 Å². The molecule has 1 atom stereocenters. The third-order valence-electron chi connectivity index (χ3n) is 6.72. The summed E-state index contributed by atoms with van der Waals surface area (Å²) < 4.78 is 5.59. The quantitative estimate of drug-likeness (QED) is 0.696. The van der Waals surface area contributed by atoms with E-state index in [2.05, 4.69) is 10.3 Å². The second kappa shape index (κ2) is 10.2. The molecule has 30 heavy (non-hydrogen) atoms. The molecule has 1 unspecified atom stereocenters. The third kappa shape index (κ3) is 5.50. The second-order valence-electron chi connectivity index (χ2n) is 8.89. The summed E-state index contributed by atoms with van der Waals surface area (Å²) in [6.07, 6.45) is 12.0. The molecule has 4 rings (SSSR count). The Kier molecular flexibility index (Phi) is 7.20. The fraction of sp³-hybridized carbons (Fsp3) is 0.696. The van der Waals surface area contributed by atoms with Gasteiger partial charge in [0.05, 0.1) is 12.5 Å². The zero-order valence-electron chi connectivity index (χ0n) is 17.9. The summed E-state index contributed by atoms with van der Waals surface area (Å²) in [6, 6.07) is 2.01. The molecule has 164 valence electrons. The van der Waals surface area contributed by atoms with Crippen LogP contribution >= 0.6 is 0 Å². The van der Waals surface area contributed by atoms with Crippen molar-refractivity contribution in [3.05, 3.63) is 29.6 Å². The van der Waals surface area contributed by atoms with E-state index in [1.54, 1.807) is 6.20 Å². The van der Waals surface area contributed by atoms with E-state index in [0.29, 0.717) is 25.4 Å².